The maximum absolute atomic E-state index is 11.4. The van der Waals surface area contributed by atoms with Gasteiger partial charge in [-0.25, -0.2) is 0 Å². The van der Waals surface area contributed by atoms with Gasteiger partial charge in [0.05, 0.1) is 13.2 Å². The van der Waals surface area contributed by atoms with Crippen LogP contribution in [0.4, 0.5) is 5.69 Å². The summed E-state index contributed by atoms with van der Waals surface area (Å²) in [5, 5.41) is 0. The van der Waals surface area contributed by atoms with E-state index in [0.717, 1.165) is 56.2 Å². The molecule has 2 aromatic rings. The zero-order chi connectivity index (χ0) is 21.3. The molecule has 2 aromatic carbocycles. The first kappa shape index (κ1) is 22.0. The van der Waals surface area contributed by atoms with Crippen LogP contribution in [0.3, 0.4) is 0 Å². The molecule has 0 N–H and O–H groups in total. The molecule has 2 fully saturated rings. The van der Waals surface area contributed by atoms with E-state index in [-0.39, 0.29) is 5.91 Å². The second-order valence-electron chi connectivity index (χ2n) is 8.01. The van der Waals surface area contributed by atoms with Crippen molar-refractivity contribution in [2.45, 2.75) is 45.6 Å². The van der Waals surface area contributed by atoms with Gasteiger partial charge in [0.15, 0.2) is 11.5 Å². The number of rotatable bonds is 4. The van der Waals surface area contributed by atoms with Crippen LogP contribution in [0.1, 0.15) is 38.2 Å². The van der Waals surface area contributed by atoms with Crippen molar-refractivity contribution in [3.63, 3.8) is 0 Å². The fraction of sp³-hybridized carbons (Fsp3) is 0.480. The number of amides is 1. The lowest BCUT2D eigenvalue weighted by Crippen LogP contribution is -2.48. The molecule has 162 valence electrons. The van der Waals surface area contributed by atoms with Crippen LogP contribution in [0.25, 0.3) is 0 Å². The average molecular weight is 411 g/mol. The molecule has 30 heavy (non-hydrogen) atoms. The summed E-state index contributed by atoms with van der Waals surface area (Å²) in [5.41, 5.74) is 2.46. The van der Waals surface area contributed by atoms with Gasteiger partial charge < -0.3 is 19.3 Å². The molecule has 0 bridgehead atoms. The molecule has 0 aromatic heterocycles. The highest BCUT2D eigenvalue weighted by Gasteiger charge is 2.22. The van der Waals surface area contributed by atoms with Gasteiger partial charge in [-0.1, -0.05) is 35.9 Å². The number of piperazine rings is 1. The molecule has 1 saturated carbocycles. The topological polar surface area (TPSA) is 42.0 Å². The molecule has 5 nitrogen and oxygen atoms in total. The number of nitrogens with zero attached hydrogens (tertiary/aromatic N) is 2. The minimum atomic E-state index is 0.157. The van der Waals surface area contributed by atoms with Crippen LogP contribution in [0.5, 0.6) is 11.5 Å². The second-order valence-corrected chi connectivity index (χ2v) is 8.01. The van der Waals surface area contributed by atoms with Gasteiger partial charge in [-0.05, 0) is 44.7 Å². The number of benzene rings is 2. The number of ether oxygens (including phenoxy) is 2. The number of methoxy groups -OCH3 is 1. The van der Waals surface area contributed by atoms with Gasteiger partial charge in [-0.3, -0.25) is 4.79 Å². The van der Waals surface area contributed by atoms with Crippen LogP contribution in [-0.4, -0.2) is 50.2 Å². The van der Waals surface area contributed by atoms with Crippen LogP contribution < -0.4 is 14.4 Å². The molecule has 0 atom stereocenters. The van der Waals surface area contributed by atoms with Gasteiger partial charge in [0.2, 0.25) is 5.91 Å². The third-order valence-electron chi connectivity index (χ3n) is 5.77. The summed E-state index contributed by atoms with van der Waals surface area (Å²) in [7, 11) is 1.68. The third kappa shape index (κ3) is 6.15. The molecule has 1 amide bonds. The molecule has 1 heterocycles. The number of aryl methyl sites for hydroxylation is 1. The summed E-state index contributed by atoms with van der Waals surface area (Å²) < 4.78 is 11.6. The molecule has 0 radical (unpaired) electrons. The summed E-state index contributed by atoms with van der Waals surface area (Å²) in [6, 6.07) is 16.4. The van der Waals surface area contributed by atoms with Gasteiger partial charge >= 0.3 is 0 Å². The lowest BCUT2D eigenvalue weighted by Gasteiger charge is -2.36. The average Bonchev–Trinajstić information content (AvgIpc) is 3.28. The zero-order valence-electron chi connectivity index (χ0n) is 18.5. The molecule has 1 aliphatic heterocycles. The molecule has 5 heteroatoms. The van der Waals surface area contributed by atoms with Gasteiger partial charge in [-0.15, -0.1) is 0 Å². The highest BCUT2D eigenvalue weighted by Crippen LogP contribution is 2.35. The van der Waals surface area contributed by atoms with E-state index in [9.17, 15) is 4.79 Å². The Morgan fingerprint density at radius 3 is 2.13 bits per heavy atom. The van der Waals surface area contributed by atoms with E-state index in [4.69, 9.17) is 9.47 Å². The van der Waals surface area contributed by atoms with E-state index in [2.05, 4.69) is 36.1 Å². The van der Waals surface area contributed by atoms with E-state index in [0.29, 0.717) is 6.10 Å². The lowest BCUT2D eigenvalue weighted by molar-refractivity contribution is -0.129. The first-order chi connectivity index (χ1) is 14.6. The standard InChI is InChI=1S/C18H26N2O3.C7H8/c1-14(21)19-9-11-20(12-10-19)15-7-8-17(22-2)18(13-15)23-16-5-3-4-6-16;1-7-5-3-2-4-6-7/h7-8,13,16H,3-6,9-12H2,1-2H3;2-6H,1H3. The summed E-state index contributed by atoms with van der Waals surface area (Å²) in [6.07, 6.45) is 5.07. The molecular weight excluding hydrogens is 376 g/mol. The fourth-order valence-corrected chi connectivity index (χ4v) is 3.95. The molecule has 2 aliphatic rings. The Kier molecular flexibility index (Phi) is 8.00. The summed E-state index contributed by atoms with van der Waals surface area (Å²) >= 11 is 0. The molecular formula is C25H34N2O3. The fourth-order valence-electron chi connectivity index (χ4n) is 3.95. The van der Waals surface area contributed by atoms with Crippen LogP contribution in [0, 0.1) is 6.92 Å². The number of carbonyl (C=O) groups excluding carboxylic acids is 1. The Balaban J connectivity index is 0.000000310. The van der Waals surface area contributed by atoms with Crippen molar-refractivity contribution in [2.75, 3.05) is 38.2 Å². The number of hydrogen-bond donors (Lipinski definition) is 0. The van der Waals surface area contributed by atoms with Crippen LogP contribution in [0.2, 0.25) is 0 Å². The van der Waals surface area contributed by atoms with E-state index < -0.39 is 0 Å². The Morgan fingerprint density at radius 2 is 1.60 bits per heavy atom. The SMILES string of the molecule is COc1ccc(N2CCN(C(C)=O)CC2)cc1OC1CCCC1.Cc1ccccc1. The number of anilines is 1. The smallest absolute Gasteiger partial charge is 0.219 e. The monoisotopic (exact) mass is 410 g/mol. The third-order valence-corrected chi connectivity index (χ3v) is 5.77. The van der Waals surface area contributed by atoms with Crippen molar-refractivity contribution in [1.82, 2.24) is 4.90 Å². The minimum Gasteiger partial charge on any atom is -0.493 e. The highest BCUT2D eigenvalue weighted by molar-refractivity contribution is 5.73. The summed E-state index contributed by atoms with van der Waals surface area (Å²) in [4.78, 5) is 15.6. The summed E-state index contributed by atoms with van der Waals surface area (Å²) in [5.74, 6) is 1.79. The molecule has 0 unspecified atom stereocenters. The molecule has 4 rings (SSSR count). The van der Waals surface area contributed by atoms with Crippen molar-refractivity contribution in [2.24, 2.45) is 0 Å². The van der Waals surface area contributed by atoms with Crippen LogP contribution in [0.15, 0.2) is 48.5 Å². The maximum atomic E-state index is 11.4. The predicted octanol–water partition coefficient (Wildman–Crippen LogP) is 4.68. The van der Waals surface area contributed by atoms with Gasteiger partial charge in [0.1, 0.15) is 0 Å². The number of carbonyl (C=O) groups is 1. The van der Waals surface area contributed by atoms with E-state index >= 15 is 0 Å². The van der Waals surface area contributed by atoms with Gasteiger partial charge in [0.25, 0.3) is 0 Å². The van der Waals surface area contributed by atoms with Gasteiger partial charge in [0, 0.05) is 44.9 Å². The van der Waals surface area contributed by atoms with Crippen LogP contribution >= 0.6 is 0 Å². The predicted molar refractivity (Wildman–Crippen MR) is 122 cm³/mol. The normalized spacial score (nSPS) is 16.6. The minimum absolute atomic E-state index is 0.157. The molecule has 0 spiro atoms. The quantitative estimate of drug-likeness (QED) is 0.734. The molecule has 1 aliphatic carbocycles. The highest BCUT2D eigenvalue weighted by atomic mass is 16.5. The number of hydrogen-bond acceptors (Lipinski definition) is 4. The Hall–Kier alpha value is -2.69. The van der Waals surface area contributed by atoms with Crippen molar-refractivity contribution in [3.05, 3.63) is 54.1 Å². The molecule has 1 saturated heterocycles. The largest absolute Gasteiger partial charge is 0.493 e. The van der Waals surface area contributed by atoms with Gasteiger partial charge in [-0.2, -0.15) is 0 Å². The Labute approximate surface area is 180 Å². The maximum Gasteiger partial charge on any atom is 0.219 e. The Morgan fingerprint density at radius 1 is 0.933 bits per heavy atom. The summed E-state index contributed by atoms with van der Waals surface area (Å²) in [6.45, 7) is 6.99. The first-order valence-corrected chi connectivity index (χ1v) is 10.9. The zero-order valence-corrected chi connectivity index (χ0v) is 18.5. The first-order valence-electron chi connectivity index (χ1n) is 10.9. The van der Waals surface area contributed by atoms with Crippen LogP contribution in [-0.2, 0) is 4.79 Å². The van der Waals surface area contributed by atoms with Crippen molar-refractivity contribution in [1.29, 1.82) is 0 Å². The van der Waals surface area contributed by atoms with Crippen molar-refractivity contribution in [3.8, 4) is 11.5 Å². The van der Waals surface area contributed by atoms with E-state index in [1.165, 1.54) is 18.4 Å². The van der Waals surface area contributed by atoms with E-state index in [1.807, 2.05) is 29.2 Å². The van der Waals surface area contributed by atoms with Crippen molar-refractivity contribution >= 4 is 11.6 Å². The van der Waals surface area contributed by atoms with E-state index in [1.54, 1.807) is 14.0 Å². The Bertz CT molecular complexity index is 795. The van der Waals surface area contributed by atoms with Crippen molar-refractivity contribution < 1.29 is 14.3 Å². The second kappa shape index (κ2) is 10.9. The lowest BCUT2D eigenvalue weighted by atomic mass is 10.2.